The normalized spacial score (nSPS) is 21.3. The van der Waals surface area contributed by atoms with Gasteiger partial charge in [0, 0.05) is 0 Å². The zero-order valence-electron chi connectivity index (χ0n) is 10.2. The first-order valence-electron chi connectivity index (χ1n) is 6.56. The Labute approximate surface area is 99.4 Å². The van der Waals surface area contributed by atoms with Crippen molar-refractivity contribution in [1.29, 1.82) is 0 Å². The standard InChI is InChI=1S/C16H22/c1-14(16-12-6-7-13-16)8-2-3-9-15-10-4-5-11-15/h4-7,10-16H,2-3,8-9H2,1H3. The lowest BCUT2D eigenvalue weighted by Crippen LogP contribution is -2.05. The smallest absolute Gasteiger partial charge is 0.00216 e. The van der Waals surface area contributed by atoms with E-state index in [2.05, 4.69) is 55.5 Å². The van der Waals surface area contributed by atoms with Gasteiger partial charge in [0.25, 0.3) is 0 Å². The molecular formula is C16H22. The fourth-order valence-corrected chi connectivity index (χ4v) is 2.54. The lowest BCUT2D eigenvalue weighted by Gasteiger charge is -2.15. The minimum atomic E-state index is 0.700. The van der Waals surface area contributed by atoms with E-state index in [1.54, 1.807) is 0 Å². The molecule has 0 saturated heterocycles. The van der Waals surface area contributed by atoms with E-state index in [-0.39, 0.29) is 0 Å². The van der Waals surface area contributed by atoms with Crippen LogP contribution in [-0.4, -0.2) is 0 Å². The summed E-state index contributed by atoms with van der Waals surface area (Å²) in [6.45, 7) is 2.38. The Morgan fingerprint density at radius 3 is 2.19 bits per heavy atom. The van der Waals surface area contributed by atoms with Crippen LogP contribution in [0.15, 0.2) is 48.6 Å². The second-order valence-electron chi connectivity index (χ2n) is 5.04. The Morgan fingerprint density at radius 1 is 0.875 bits per heavy atom. The second-order valence-corrected chi connectivity index (χ2v) is 5.04. The average Bonchev–Trinajstić information content (AvgIpc) is 2.96. The fourth-order valence-electron chi connectivity index (χ4n) is 2.54. The van der Waals surface area contributed by atoms with Crippen LogP contribution in [-0.2, 0) is 0 Å². The maximum Gasteiger partial charge on any atom is -0.00216 e. The molecule has 0 aliphatic heterocycles. The van der Waals surface area contributed by atoms with Crippen molar-refractivity contribution in [2.45, 2.75) is 32.6 Å². The van der Waals surface area contributed by atoms with E-state index < -0.39 is 0 Å². The summed E-state index contributed by atoms with van der Waals surface area (Å²) in [5.74, 6) is 2.23. The van der Waals surface area contributed by atoms with Crippen molar-refractivity contribution >= 4 is 0 Å². The third-order valence-corrected chi connectivity index (χ3v) is 3.71. The quantitative estimate of drug-likeness (QED) is 0.564. The number of hydrogen-bond donors (Lipinski definition) is 0. The SMILES string of the molecule is CC(CCCCC1C=CC=C1)C1C=CC=C1. The van der Waals surface area contributed by atoms with Crippen LogP contribution in [0.4, 0.5) is 0 Å². The van der Waals surface area contributed by atoms with E-state index in [9.17, 15) is 0 Å². The van der Waals surface area contributed by atoms with Crippen LogP contribution in [0.25, 0.3) is 0 Å². The van der Waals surface area contributed by atoms with Gasteiger partial charge in [0.2, 0.25) is 0 Å². The van der Waals surface area contributed by atoms with E-state index in [0.717, 1.165) is 11.8 Å². The molecule has 0 bridgehead atoms. The first-order valence-corrected chi connectivity index (χ1v) is 6.56. The van der Waals surface area contributed by atoms with E-state index in [0.29, 0.717) is 5.92 Å². The van der Waals surface area contributed by atoms with Crippen LogP contribution in [0.3, 0.4) is 0 Å². The highest BCUT2D eigenvalue weighted by Gasteiger charge is 2.13. The maximum atomic E-state index is 2.38. The number of allylic oxidation sites excluding steroid dienone is 8. The Hall–Kier alpha value is -1.04. The predicted molar refractivity (Wildman–Crippen MR) is 71.2 cm³/mol. The van der Waals surface area contributed by atoms with Crippen LogP contribution in [0.5, 0.6) is 0 Å². The minimum absolute atomic E-state index is 0.700. The van der Waals surface area contributed by atoms with Gasteiger partial charge in [-0.25, -0.2) is 0 Å². The molecule has 1 atom stereocenters. The molecule has 0 aromatic rings. The largest absolute Gasteiger partial charge is 0.0776 e. The molecule has 0 nitrogen and oxygen atoms in total. The summed E-state index contributed by atoms with van der Waals surface area (Å²) in [6.07, 6.45) is 23.4. The van der Waals surface area contributed by atoms with E-state index in [4.69, 9.17) is 0 Å². The highest BCUT2D eigenvalue weighted by Crippen LogP contribution is 2.25. The molecule has 0 spiro atoms. The van der Waals surface area contributed by atoms with Gasteiger partial charge in [0.1, 0.15) is 0 Å². The summed E-state index contributed by atoms with van der Waals surface area (Å²) in [4.78, 5) is 0. The van der Waals surface area contributed by atoms with E-state index in [1.165, 1.54) is 25.7 Å². The predicted octanol–water partition coefficient (Wildman–Crippen LogP) is 4.67. The van der Waals surface area contributed by atoms with Crippen molar-refractivity contribution in [1.82, 2.24) is 0 Å². The van der Waals surface area contributed by atoms with Gasteiger partial charge in [-0.1, -0.05) is 68.4 Å². The molecule has 0 radical (unpaired) electrons. The molecule has 86 valence electrons. The van der Waals surface area contributed by atoms with Gasteiger partial charge in [-0.15, -0.1) is 0 Å². The first kappa shape index (κ1) is 11.4. The summed E-state index contributed by atoms with van der Waals surface area (Å²) in [5.41, 5.74) is 0. The number of hydrogen-bond acceptors (Lipinski definition) is 0. The molecule has 1 unspecified atom stereocenters. The van der Waals surface area contributed by atoms with Gasteiger partial charge < -0.3 is 0 Å². The minimum Gasteiger partial charge on any atom is -0.0776 e. The maximum absolute atomic E-state index is 2.38. The number of unbranched alkanes of at least 4 members (excludes halogenated alkanes) is 1. The van der Waals surface area contributed by atoms with Crippen molar-refractivity contribution in [3.63, 3.8) is 0 Å². The van der Waals surface area contributed by atoms with Gasteiger partial charge >= 0.3 is 0 Å². The summed E-state index contributed by atoms with van der Waals surface area (Å²) in [6, 6.07) is 0. The van der Waals surface area contributed by atoms with Gasteiger partial charge in [-0.05, 0) is 30.6 Å². The molecule has 0 fully saturated rings. The van der Waals surface area contributed by atoms with Gasteiger partial charge in [0.05, 0.1) is 0 Å². The van der Waals surface area contributed by atoms with Crippen molar-refractivity contribution < 1.29 is 0 Å². The molecule has 2 aliphatic carbocycles. The lowest BCUT2D eigenvalue weighted by atomic mass is 9.90. The van der Waals surface area contributed by atoms with Gasteiger partial charge in [-0.2, -0.15) is 0 Å². The molecule has 2 aliphatic rings. The Bertz CT molecular complexity index is 293. The zero-order chi connectivity index (χ0) is 11.2. The molecule has 16 heavy (non-hydrogen) atoms. The van der Waals surface area contributed by atoms with Crippen LogP contribution in [0.1, 0.15) is 32.6 Å². The monoisotopic (exact) mass is 214 g/mol. The molecule has 0 aromatic carbocycles. The fraction of sp³-hybridized carbons (Fsp3) is 0.500. The molecule has 0 heteroatoms. The molecule has 2 rings (SSSR count). The molecule has 0 heterocycles. The van der Waals surface area contributed by atoms with Crippen molar-refractivity contribution in [3.05, 3.63) is 48.6 Å². The average molecular weight is 214 g/mol. The highest BCUT2D eigenvalue weighted by atomic mass is 14.2. The van der Waals surface area contributed by atoms with E-state index in [1.807, 2.05) is 0 Å². The van der Waals surface area contributed by atoms with Crippen LogP contribution < -0.4 is 0 Å². The number of rotatable bonds is 6. The Morgan fingerprint density at radius 2 is 1.50 bits per heavy atom. The third kappa shape index (κ3) is 3.23. The van der Waals surface area contributed by atoms with Gasteiger partial charge in [-0.3, -0.25) is 0 Å². The summed E-state index contributed by atoms with van der Waals surface area (Å²) in [5, 5.41) is 0. The van der Waals surface area contributed by atoms with Crippen LogP contribution in [0, 0.1) is 17.8 Å². The molecule has 0 saturated carbocycles. The first-order chi connectivity index (χ1) is 7.86. The van der Waals surface area contributed by atoms with Crippen LogP contribution >= 0.6 is 0 Å². The molecular weight excluding hydrogens is 192 g/mol. The summed E-state index contributed by atoms with van der Waals surface area (Å²) < 4.78 is 0. The Balaban J connectivity index is 1.57. The second kappa shape index (κ2) is 5.89. The molecule has 0 aromatic heterocycles. The molecule has 0 amide bonds. The van der Waals surface area contributed by atoms with E-state index >= 15 is 0 Å². The molecule has 0 N–H and O–H groups in total. The van der Waals surface area contributed by atoms with Crippen molar-refractivity contribution in [3.8, 4) is 0 Å². The lowest BCUT2D eigenvalue weighted by molar-refractivity contribution is 0.433. The zero-order valence-corrected chi connectivity index (χ0v) is 10.2. The highest BCUT2D eigenvalue weighted by molar-refractivity contribution is 5.18. The topological polar surface area (TPSA) is 0 Å². The van der Waals surface area contributed by atoms with Crippen molar-refractivity contribution in [2.24, 2.45) is 17.8 Å². The summed E-state index contributed by atoms with van der Waals surface area (Å²) in [7, 11) is 0. The Kier molecular flexibility index (Phi) is 4.21. The van der Waals surface area contributed by atoms with Crippen LogP contribution in [0.2, 0.25) is 0 Å². The summed E-state index contributed by atoms with van der Waals surface area (Å²) >= 11 is 0. The van der Waals surface area contributed by atoms with Gasteiger partial charge in [0.15, 0.2) is 0 Å². The third-order valence-electron chi connectivity index (χ3n) is 3.71. The van der Waals surface area contributed by atoms with Crippen molar-refractivity contribution in [2.75, 3.05) is 0 Å².